The van der Waals surface area contributed by atoms with Crippen molar-refractivity contribution >= 4 is 5.91 Å². The summed E-state index contributed by atoms with van der Waals surface area (Å²) in [5, 5.41) is 3.97. The van der Waals surface area contributed by atoms with Crippen molar-refractivity contribution in [3.63, 3.8) is 0 Å². The van der Waals surface area contributed by atoms with Crippen molar-refractivity contribution in [2.75, 3.05) is 13.6 Å². The summed E-state index contributed by atoms with van der Waals surface area (Å²) < 4.78 is 10.9. The summed E-state index contributed by atoms with van der Waals surface area (Å²) in [5.41, 5.74) is 2.72. The van der Waals surface area contributed by atoms with Crippen molar-refractivity contribution < 1.29 is 14.1 Å². The highest BCUT2D eigenvalue weighted by atomic mass is 16.5. The number of likely N-dealkylation sites (N-methyl/N-ethyl adjacent to an activating group) is 1. The third-order valence-electron chi connectivity index (χ3n) is 4.35. The Morgan fingerprint density at radius 3 is 2.52 bits per heavy atom. The van der Waals surface area contributed by atoms with E-state index in [0.717, 1.165) is 16.9 Å². The zero-order chi connectivity index (χ0) is 19.2. The SMILES string of the molecule is Cc1ccccc1OCc1nc(CCN(C)C(=O)c2ccccc2C)no1. The molecule has 3 rings (SSSR count). The fourth-order valence-electron chi connectivity index (χ4n) is 2.70. The molecular formula is C21H23N3O3. The second-order valence-electron chi connectivity index (χ2n) is 6.45. The molecular weight excluding hydrogens is 342 g/mol. The minimum absolute atomic E-state index is 0.0142. The lowest BCUT2D eigenvalue weighted by Gasteiger charge is -2.17. The highest BCUT2D eigenvalue weighted by molar-refractivity contribution is 5.95. The van der Waals surface area contributed by atoms with Crippen molar-refractivity contribution in [1.82, 2.24) is 15.0 Å². The fraction of sp³-hybridized carbons (Fsp3) is 0.286. The molecule has 3 aromatic rings. The van der Waals surface area contributed by atoms with E-state index in [0.29, 0.717) is 30.2 Å². The number of para-hydroxylation sites is 1. The average Bonchev–Trinajstić information content (AvgIpc) is 3.13. The van der Waals surface area contributed by atoms with Crippen molar-refractivity contribution in [3.8, 4) is 5.75 Å². The van der Waals surface area contributed by atoms with Gasteiger partial charge in [0.1, 0.15) is 5.75 Å². The molecule has 0 unspecified atom stereocenters. The van der Waals surface area contributed by atoms with E-state index in [1.807, 2.05) is 62.4 Å². The lowest BCUT2D eigenvalue weighted by atomic mass is 10.1. The van der Waals surface area contributed by atoms with Crippen LogP contribution in [-0.2, 0) is 13.0 Å². The number of nitrogens with zero attached hydrogens (tertiary/aromatic N) is 3. The number of hydrogen-bond donors (Lipinski definition) is 0. The molecule has 27 heavy (non-hydrogen) atoms. The Balaban J connectivity index is 1.53. The number of aromatic nitrogens is 2. The molecule has 0 fully saturated rings. The van der Waals surface area contributed by atoms with Crippen molar-refractivity contribution in [3.05, 3.63) is 76.9 Å². The molecule has 0 radical (unpaired) electrons. The predicted octanol–water partition coefficient (Wildman–Crippen LogP) is 3.58. The van der Waals surface area contributed by atoms with Gasteiger partial charge in [0.15, 0.2) is 12.4 Å². The minimum atomic E-state index is -0.0142. The summed E-state index contributed by atoms with van der Waals surface area (Å²) in [6, 6.07) is 15.3. The number of hydrogen-bond acceptors (Lipinski definition) is 5. The fourth-order valence-corrected chi connectivity index (χ4v) is 2.70. The van der Waals surface area contributed by atoms with E-state index >= 15 is 0 Å². The largest absolute Gasteiger partial charge is 0.483 e. The van der Waals surface area contributed by atoms with Gasteiger partial charge in [-0.3, -0.25) is 4.79 Å². The number of benzene rings is 2. The summed E-state index contributed by atoms with van der Waals surface area (Å²) in [6.45, 7) is 4.64. The third-order valence-corrected chi connectivity index (χ3v) is 4.35. The van der Waals surface area contributed by atoms with Crippen LogP contribution in [0, 0.1) is 13.8 Å². The Morgan fingerprint density at radius 2 is 1.78 bits per heavy atom. The summed E-state index contributed by atoms with van der Waals surface area (Å²) in [5.74, 6) is 1.75. The maximum absolute atomic E-state index is 12.5. The molecule has 0 atom stereocenters. The van der Waals surface area contributed by atoms with Crippen LogP contribution in [0.4, 0.5) is 0 Å². The number of rotatable bonds is 7. The summed E-state index contributed by atoms with van der Waals surface area (Å²) in [4.78, 5) is 18.5. The Hall–Kier alpha value is -3.15. The molecule has 1 amide bonds. The Morgan fingerprint density at radius 1 is 1.07 bits per heavy atom. The first-order valence-corrected chi connectivity index (χ1v) is 8.85. The van der Waals surface area contributed by atoms with E-state index in [2.05, 4.69) is 10.1 Å². The number of aryl methyl sites for hydroxylation is 2. The number of carbonyl (C=O) groups is 1. The zero-order valence-electron chi connectivity index (χ0n) is 15.8. The van der Waals surface area contributed by atoms with Crippen LogP contribution in [0.2, 0.25) is 0 Å². The summed E-state index contributed by atoms with van der Waals surface area (Å²) in [7, 11) is 1.77. The molecule has 0 N–H and O–H groups in total. The van der Waals surface area contributed by atoms with E-state index in [1.165, 1.54) is 0 Å². The van der Waals surface area contributed by atoms with Crippen LogP contribution < -0.4 is 4.74 Å². The Labute approximate surface area is 158 Å². The summed E-state index contributed by atoms with van der Waals surface area (Å²) in [6.07, 6.45) is 0.516. The van der Waals surface area contributed by atoms with Crippen molar-refractivity contribution in [1.29, 1.82) is 0 Å². The van der Waals surface area contributed by atoms with Crippen LogP contribution in [0.1, 0.15) is 33.2 Å². The van der Waals surface area contributed by atoms with E-state index in [1.54, 1.807) is 11.9 Å². The van der Waals surface area contributed by atoms with E-state index in [4.69, 9.17) is 9.26 Å². The topological polar surface area (TPSA) is 68.5 Å². The molecule has 0 spiro atoms. The molecule has 2 aromatic carbocycles. The van der Waals surface area contributed by atoms with Gasteiger partial charge in [0.25, 0.3) is 11.8 Å². The lowest BCUT2D eigenvalue weighted by Crippen LogP contribution is -2.29. The van der Waals surface area contributed by atoms with E-state index in [9.17, 15) is 4.79 Å². The van der Waals surface area contributed by atoms with Gasteiger partial charge in [-0.1, -0.05) is 41.6 Å². The predicted molar refractivity (Wildman–Crippen MR) is 102 cm³/mol. The first-order chi connectivity index (χ1) is 13.0. The first-order valence-electron chi connectivity index (χ1n) is 8.85. The van der Waals surface area contributed by atoms with Crippen LogP contribution in [0.3, 0.4) is 0 Å². The van der Waals surface area contributed by atoms with Gasteiger partial charge in [-0.15, -0.1) is 0 Å². The van der Waals surface area contributed by atoms with Gasteiger partial charge in [-0.05, 0) is 37.1 Å². The van der Waals surface area contributed by atoms with Gasteiger partial charge in [-0.2, -0.15) is 4.98 Å². The zero-order valence-corrected chi connectivity index (χ0v) is 15.8. The Bertz CT molecular complexity index is 920. The Kier molecular flexibility index (Phi) is 5.86. The van der Waals surface area contributed by atoms with Crippen LogP contribution >= 0.6 is 0 Å². The molecule has 1 heterocycles. The van der Waals surface area contributed by atoms with Crippen molar-refractivity contribution in [2.24, 2.45) is 0 Å². The van der Waals surface area contributed by atoms with Crippen LogP contribution in [0.5, 0.6) is 5.75 Å². The molecule has 140 valence electrons. The molecule has 0 aliphatic rings. The maximum atomic E-state index is 12.5. The highest BCUT2D eigenvalue weighted by Gasteiger charge is 2.15. The molecule has 0 saturated heterocycles. The van der Waals surface area contributed by atoms with Gasteiger partial charge >= 0.3 is 0 Å². The number of ether oxygens (including phenoxy) is 1. The number of amides is 1. The van der Waals surface area contributed by atoms with E-state index in [-0.39, 0.29) is 12.5 Å². The third kappa shape index (κ3) is 4.73. The first kappa shape index (κ1) is 18.6. The summed E-state index contributed by atoms with van der Waals surface area (Å²) >= 11 is 0. The quantitative estimate of drug-likeness (QED) is 0.640. The standard InChI is InChI=1S/C21H23N3O3/c1-15-8-4-6-10-17(15)21(25)24(3)13-12-19-22-20(27-23-19)14-26-18-11-7-5-9-16(18)2/h4-11H,12-14H2,1-3H3. The maximum Gasteiger partial charge on any atom is 0.264 e. The normalized spacial score (nSPS) is 10.6. The van der Waals surface area contributed by atoms with E-state index < -0.39 is 0 Å². The van der Waals surface area contributed by atoms with Crippen LogP contribution in [-0.4, -0.2) is 34.5 Å². The minimum Gasteiger partial charge on any atom is -0.483 e. The second-order valence-corrected chi connectivity index (χ2v) is 6.45. The van der Waals surface area contributed by atoms with Crippen molar-refractivity contribution in [2.45, 2.75) is 26.9 Å². The smallest absolute Gasteiger partial charge is 0.264 e. The molecule has 0 aliphatic carbocycles. The van der Waals surface area contributed by atoms with Gasteiger partial charge in [0.05, 0.1) is 0 Å². The van der Waals surface area contributed by atoms with Gasteiger partial charge < -0.3 is 14.2 Å². The van der Waals surface area contributed by atoms with Crippen LogP contribution in [0.15, 0.2) is 53.1 Å². The van der Waals surface area contributed by atoms with Crippen LogP contribution in [0.25, 0.3) is 0 Å². The highest BCUT2D eigenvalue weighted by Crippen LogP contribution is 2.17. The average molecular weight is 365 g/mol. The molecule has 0 aliphatic heterocycles. The molecule has 0 bridgehead atoms. The second kappa shape index (κ2) is 8.49. The number of carbonyl (C=O) groups excluding carboxylic acids is 1. The van der Waals surface area contributed by atoms with Gasteiger partial charge in [-0.25, -0.2) is 0 Å². The lowest BCUT2D eigenvalue weighted by molar-refractivity contribution is 0.0795. The monoisotopic (exact) mass is 365 g/mol. The van der Waals surface area contributed by atoms with Gasteiger partial charge in [0, 0.05) is 25.6 Å². The molecule has 1 aromatic heterocycles. The van der Waals surface area contributed by atoms with Gasteiger partial charge in [0.2, 0.25) is 0 Å². The molecule has 6 nitrogen and oxygen atoms in total. The molecule has 6 heteroatoms. The molecule has 0 saturated carbocycles.